The lowest BCUT2D eigenvalue weighted by Crippen LogP contribution is -2.08. The van der Waals surface area contributed by atoms with Gasteiger partial charge in [-0.25, -0.2) is 4.98 Å². The summed E-state index contributed by atoms with van der Waals surface area (Å²) in [6.07, 6.45) is 0. The fourth-order valence-electron chi connectivity index (χ4n) is 2.02. The maximum Gasteiger partial charge on any atom is 0.0731 e. The van der Waals surface area contributed by atoms with Crippen LogP contribution in [0.1, 0.15) is 0 Å². The van der Waals surface area contributed by atoms with Gasteiger partial charge in [0.05, 0.1) is 16.7 Å². The Kier molecular flexibility index (Phi) is 2.46. The van der Waals surface area contributed by atoms with Gasteiger partial charge in [-0.05, 0) is 24.3 Å². The van der Waals surface area contributed by atoms with Gasteiger partial charge in [-0.2, -0.15) is 0 Å². The summed E-state index contributed by atoms with van der Waals surface area (Å²) in [4.78, 5) is 4.61. The quantitative estimate of drug-likeness (QED) is 0.410. The summed E-state index contributed by atoms with van der Waals surface area (Å²) >= 11 is 3.46. The van der Waals surface area contributed by atoms with Crippen molar-refractivity contribution in [3.63, 3.8) is 0 Å². The summed E-state index contributed by atoms with van der Waals surface area (Å²) in [6.45, 7) is 0. The van der Waals surface area contributed by atoms with E-state index in [1.807, 2.05) is 42.5 Å². The van der Waals surface area contributed by atoms with Gasteiger partial charge in [-0.15, -0.1) is 0 Å². The van der Waals surface area contributed by atoms with Crippen molar-refractivity contribution < 1.29 is 0 Å². The first-order chi connectivity index (χ1) is 8.29. The Morgan fingerprint density at radius 3 is 2.59 bits per heavy atom. The third-order valence-corrected chi connectivity index (χ3v) is 3.28. The van der Waals surface area contributed by atoms with Crippen LogP contribution < -0.4 is 11.3 Å². The highest BCUT2D eigenvalue weighted by molar-refractivity contribution is 9.10. The van der Waals surface area contributed by atoms with E-state index in [0.29, 0.717) is 0 Å². The molecule has 0 amide bonds. The number of nitrogens with two attached hydrogens (primary N) is 1. The number of pyridine rings is 1. The number of benzene rings is 2. The van der Waals surface area contributed by atoms with Gasteiger partial charge < -0.3 is 5.43 Å². The molecular weight excluding hydrogens is 278 g/mol. The van der Waals surface area contributed by atoms with Crippen molar-refractivity contribution in [1.82, 2.24) is 4.98 Å². The predicted molar refractivity (Wildman–Crippen MR) is 74.8 cm³/mol. The number of hydrazine groups is 1. The average molecular weight is 288 g/mol. The van der Waals surface area contributed by atoms with E-state index in [4.69, 9.17) is 5.84 Å². The maximum atomic E-state index is 5.64. The SMILES string of the molecule is NNc1c2ccccc2nc2ccc(Br)cc12. The Hall–Kier alpha value is -1.65. The minimum Gasteiger partial charge on any atom is -0.323 e. The van der Waals surface area contributed by atoms with Crippen molar-refractivity contribution >= 4 is 43.4 Å². The number of hydrogen-bond donors (Lipinski definition) is 2. The van der Waals surface area contributed by atoms with Gasteiger partial charge in [0.1, 0.15) is 0 Å². The van der Waals surface area contributed by atoms with Crippen molar-refractivity contribution in [3.05, 3.63) is 46.9 Å². The molecule has 0 unspecified atom stereocenters. The number of halogens is 1. The van der Waals surface area contributed by atoms with E-state index in [-0.39, 0.29) is 0 Å². The lowest BCUT2D eigenvalue weighted by Gasteiger charge is -2.10. The second kappa shape index (κ2) is 3.98. The van der Waals surface area contributed by atoms with Crippen LogP contribution in [0.5, 0.6) is 0 Å². The Bertz CT molecular complexity index is 709. The molecule has 1 aromatic heterocycles. The normalized spacial score (nSPS) is 10.9. The van der Waals surface area contributed by atoms with Crippen LogP contribution in [0.3, 0.4) is 0 Å². The Morgan fingerprint density at radius 1 is 1.00 bits per heavy atom. The fourth-order valence-corrected chi connectivity index (χ4v) is 2.38. The highest BCUT2D eigenvalue weighted by Gasteiger charge is 2.07. The van der Waals surface area contributed by atoms with Gasteiger partial charge in [0, 0.05) is 15.2 Å². The lowest BCUT2D eigenvalue weighted by atomic mass is 10.1. The second-order valence-electron chi connectivity index (χ2n) is 3.81. The fraction of sp³-hybridized carbons (Fsp3) is 0. The van der Waals surface area contributed by atoms with Gasteiger partial charge in [0.25, 0.3) is 0 Å². The third-order valence-electron chi connectivity index (χ3n) is 2.79. The number of aromatic nitrogens is 1. The highest BCUT2D eigenvalue weighted by Crippen LogP contribution is 2.31. The minimum absolute atomic E-state index is 0.909. The first kappa shape index (κ1) is 10.5. The van der Waals surface area contributed by atoms with Gasteiger partial charge >= 0.3 is 0 Å². The lowest BCUT2D eigenvalue weighted by molar-refractivity contribution is 1.37. The maximum absolute atomic E-state index is 5.64. The summed E-state index contributed by atoms with van der Waals surface area (Å²) in [7, 11) is 0. The van der Waals surface area contributed by atoms with E-state index in [9.17, 15) is 0 Å². The summed E-state index contributed by atoms with van der Waals surface area (Å²) in [6, 6.07) is 13.9. The smallest absolute Gasteiger partial charge is 0.0731 e. The topological polar surface area (TPSA) is 50.9 Å². The molecular formula is C13H10BrN3. The van der Waals surface area contributed by atoms with Crippen molar-refractivity contribution in [2.75, 3.05) is 5.43 Å². The van der Waals surface area contributed by atoms with Gasteiger partial charge in [-0.1, -0.05) is 34.1 Å². The summed E-state index contributed by atoms with van der Waals surface area (Å²) in [5.74, 6) is 5.64. The van der Waals surface area contributed by atoms with Crippen LogP contribution in [-0.4, -0.2) is 4.98 Å². The summed E-state index contributed by atoms with van der Waals surface area (Å²) in [5.41, 5.74) is 5.56. The molecule has 3 aromatic rings. The van der Waals surface area contributed by atoms with E-state index in [1.165, 1.54) is 0 Å². The van der Waals surface area contributed by atoms with Crippen LogP contribution >= 0.6 is 15.9 Å². The summed E-state index contributed by atoms with van der Waals surface area (Å²) in [5, 5.41) is 2.04. The van der Waals surface area contributed by atoms with Crippen LogP contribution in [0.2, 0.25) is 0 Å². The van der Waals surface area contributed by atoms with E-state index >= 15 is 0 Å². The van der Waals surface area contributed by atoms with Crippen LogP contribution in [0, 0.1) is 0 Å². The molecule has 0 aliphatic carbocycles. The number of rotatable bonds is 1. The zero-order valence-corrected chi connectivity index (χ0v) is 10.5. The van der Waals surface area contributed by atoms with Gasteiger partial charge in [-0.3, -0.25) is 5.84 Å². The van der Waals surface area contributed by atoms with Crippen molar-refractivity contribution in [3.8, 4) is 0 Å². The highest BCUT2D eigenvalue weighted by atomic mass is 79.9. The van der Waals surface area contributed by atoms with Gasteiger partial charge in [0.2, 0.25) is 0 Å². The van der Waals surface area contributed by atoms with Crippen LogP contribution in [-0.2, 0) is 0 Å². The average Bonchev–Trinajstić information content (AvgIpc) is 2.36. The second-order valence-corrected chi connectivity index (χ2v) is 4.73. The molecule has 3 nitrogen and oxygen atoms in total. The summed E-state index contributed by atoms with van der Waals surface area (Å²) < 4.78 is 1.01. The third kappa shape index (κ3) is 1.66. The van der Waals surface area contributed by atoms with E-state index in [2.05, 4.69) is 26.3 Å². The molecule has 0 fully saturated rings. The van der Waals surface area contributed by atoms with E-state index in [0.717, 1.165) is 32.0 Å². The number of anilines is 1. The monoisotopic (exact) mass is 287 g/mol. The molecule has 84 valence electrons. The molecule has 3 N–H and O–H groups in total. The molecule has 1 heterocycles. The molecule has 0 aliphatic rings. The molecule has 4 heteroatoms. The number of hydrogen-bond acceptors (Lipinski definition) is 3. The zero-order chi connectivity index (χ0) is 11.8. The minimum atomic E-state index is 0.909. The molecule has 0 saturated heterocycles. The molecule has 0 radical (unpaired) electrons. The molecule has 17 heavy (non-hydrogen) atoms. The largest absolute Gasteiger partial charge is 0.323 e. The Balaban J connectivity index is 2.54. The Morgan fingerprint density at radius 2 is 1.76 bits per heavy atom. The van der Waals surface area contributed by atoms with Crippen LogP contribution in [0.15, 0.2) is 46.9 Å². The standard InChI is InChI=1S/C13H10BrN3/c14-8-5-6-12-10(7-8)13(17-15)9-3-1-2-4-11(9)16-12/h1-7H,15H2,(H,16,17). The van der Waals surface area contributed by atoms with Crippen molar-refractivity contribution in [2.45, 2.75) is 0 Å². The molecule has 0 bridgehead atoms. The zero-order valence-electron chi connectivity index (χ0n) is 8.94. The molecule has 0 atom stereocenters. The van der Waals surface area contributed by atoms with Crippen LogP contribution in [0.4, 0.5) is 5.69 Å². The number of nitrogens with one attached hydrogen (secondary N) is 1. The van der Waals surface area contributed by atoms with E-state index < -0.39 is 0 Å². The van der Waals surface area contributed by atoms with Crippen LogP contribution in [0.25, 0.3) is 21.8 Å². The molecule has 2 aromatic carbocycles. The van der Waals surface area contributed by atoms with E-state index in [1.54, 1.807) is 0 Å². The molecule has 0 saturated carbocycles. The van der Waals surface area contributed by atoms with Crippen molar-refractivity contribution in [2.24, 2.45) is 5.84 Å². The number of nitrogen functional groups attached to an aromatic ring is 1. The first-order valence-electron chi connectivity index (χ1n) is 5.24. The number of nitrogens with zero attached hydrogens (tertiary/aromatic N) is 1. The first-order valence-corrected chi connectivity index (χ1v) is 6.03. The van der Waals surface area contributed by atoms with Crippen molar-refractivity contribution in [1.29, 1.82) is 0 Å². The van der Waals surface area contributed by atoms with Gasteiger partial charge in [0.15, 0.2) is 0 Å². The molecule has 0 spiro atoms. The Labute approximate surface area is 107 Å². The number of para-hydroxylation sites is 1. The number of fused-ring (bicyclic) bond motifs is 2. The molecule has 0 aliphatic heterocycles. The predicted octanol–water partition coefficient (Wildman–Crippen LogP) is 3.44. The molecule has 3 rings (SSSR count).